The lowest BCUT2D eigenvalue weighted by molar-refractivity contribution is -0.121. The molecule has 1 rings (SSSR count). The van der Waals surface area contributed by atoms with Crippen LogP contribution in [0.15, 0.2) is 0 Å². The van der Waals surface area contributed by atoms with Crippen LogP contribution in [0.2, 0.25) is 0 Å². The Balaban J connectivity index is 2.47. The number of ketones is 1. The van der Waals surface area contributed by atoms with Crippen molar-refractivity contribution in [1.82, 2.24) is 4.90 Å². The number of Topliss-reactive ketones (excluding diaryl/α,β-unsaturated/α-hetero) is 1. The molecule has 2 nitrogen and oxygen atoms in total. The second-order valence-corrected chi connectivity index (χ2v) is 3.83. The van der Waals surface area contributed by atoms with Crippen molar-refractivity contribution in [3.8, 4) is 0 Å². The summed E-state index contributed by atoms with van der Waals surface area (Å²) in [6.07, 6.45) is 0. The van der Waals surface area contributed by atoms with Crippen molar-refractivity contribution in [3.05, 3.63) is 0 Å². The second-order valence-electron chi connectivity index (χ2n) is 2.68. The van der Waals surface area contributed by atoms with Crippen molar-refractivity contribution in [2.45, 2.75) is 13.0 Å². The van der Waals surface area contributed by atoms with Gasteiger partial charge in [0.2, 0.25) is 0 Å². The molecule has 0 radical (unpaired) electrons. The summed E-state index contributed by atoms with van der Waals surface area (Å²) in [6, 6.07) is 0.179. The van der Waals surface area contributed by atoms with Crippen LogP contribution in [0.1, 0.15) is 6.92 Å². The van der Waals surface area contributed by atoms with Crippen molar-refractivity contribution in [2.24, 2.45) is 0 Å². The largest absolute Gasteiger partial charge is 0.298 e. The first-order valence-electron chi connectivity index (χ1n) is 3.50. The first kappa shape index (κ1) is 8.08. The van der Waals surface area contributed by atoms with E-state index in [0.29, 0.717) is 5.78 Å². The molecule has 0 spiro atoms. The van der Waals surface area contributed by atoms with Crippen molar-refractivity contribution in [2.75, 3.05) is 25.1 Å². The standard InChI is InChI=1S/C7H13NOS/c1-6(9)7-5-10-4-3-8(7)2/h7H,3-5H2,1-2H3. The summed E-state index contributed by atoms with van der Waals surface area (Å²) in [7, 11) is 2.02. The van der Waals surface area contributed by atoms with Gasteiger partial charge in [0.25, 0.3) is 0 Å². The molecule has 1 unspecified atom stereocenters. The summed E-state index contributed by atoms with van der Waals surface area (Å²) in [5.41, 5.74) is 0. The zero-order valence-corrected chi connectivity index (χ0v) is 7.28. The van der Waals surface area contributed by atoms with E-state index in [1.165, 1.54) is 5.75 Å². The molecule has 0 saturated carbocycles. The summed E-state index contributed by atoms with van der Waals surface area (Å²) in [5.74, 6) is 2.45. The fourth-order valence-electron chi connectivity index (χ4n) is 1.11. The van der Waals surface area contributed by atoms with Gasteiger partial charge in [0.1, 0.15) is 5.78 Å². The summed E-state index contributed by atoms with van der Waals surface area (Å²) in [5, 5.41) is 0. The number of carbonyl (C=O) groups is 1. The van der Waals surface area contributed by atoms with Crippen LogP contribution in [-0.2, 0) is 4.79 Å². The molecular formula is C7H13NOS. The lowest BCUT2D eigenvalue weighted by Gasteiger charge is -2.29. The third kappa shape index (κ3) is 1.73. The molecule has 3 heteroatoms. The molecule has 0 amide bonds. The zero-order chi connectivity index (χ0) is 7.56. The first-order chi connectivity index (χ1) is 4.72. The Morgan fingerprint density at radius 1 is 1.70 bits per heavy atom. The lowest BCUT2D eigenvalue weighted by Crippen LogP contribution is -2.43. The van der Waals surface area contributed by atoms with Crippen molar-refractivity contribution < 1.29 is 4.79 Å². The number of carbonyl (C=O) groups excluding carboxylic acids is 1. The smallest absolute Gasteiger partial charge is 0.147 e. The van der Waals surface area contributed by atoms with Gasteiger partial charge in [-0.2, -0.15) is 11.8 Å². The van der Waals surface area contributed by atoms with Crippen LogP contribution in [0.3, 0.4) is 0 Å². The molecule has 1 atom stereocenters. The molecule has 1 heterocycles. The normalized spacial score (nSPS) is 28.4. The fourth-order valence-corrected chi connectivity index (χ4v) is 2.41. The Kier molecular flexibility index (Phi) is 2.74. The van der Waals surface area contributed by atoms with Crippen LogP contribution in [0.4, 0.5) is 0 Å². The highest BCUT2D eigenvalue weighted by Gasteiger charge is 2.22. The van der Waals surface area contributed by atoms with Crippen molar-refractivity contribution in [3.63, 3.8) is 0 Å². The summed E-state index contributed by atoms with van der Waals surface area (Å²) >= 11 is 1.87. The van der Waals surface area contributed by atoms with Crippen molar-refractivity contribution in [1.29, 1.82) is 0 Å². The maximum Gasteiger partial charge on any atom is 0.147 e. The number of nitrogens with zero attached hydrogens (tertiary/aromatic N) is 1. The molecule has 1 fully saturated rings. The monoisotopic (exact) mass is 159 g/mol. The number of hydrogen-bond acceptors (Lipinski definition) is 3. The van der Waals surface area contributed by atoms with Gasteiger partial charge in [-0.05, 0) is 14.0 Å². The van der Waals surface area contributed by atoms with Crippen LogP contribution in [-0.4, -0.2) is 41.8 Å². The molecule has 0 N–H and O–H groups in total. The molecule has 0 aliphatic carbocycles. The predicted molar refractivity (Wildman–Crippen MR) is 44.4 cm³/mol. The topological polar surface area (TPSA) is 20.3 Å². The number of likely N-dealkylation sites (N-methyl/N-ethyl adjacent to an activating group) is 1. The van der Waals surface area contributed by atoms with Gasteiger partial charge in [-0.1, -0.05) is 0 Å². The van der Waals surface area contributed by atoms with Gasteiger partial charge in [-0.3, -0.25) is 9.69 Å². The quantitative estimate of drug-likeness (QED) is 0.559. The van der Waals surface area contributed by atoms with Crippen molar-refractivity contribution >= 4 is 17.5 Å². The zero-order valence-electron chi connectivity index (χ0n) is 6.46. The molecule has 0 aromatic heterocycles. The van der Waals surface area contributed by atoms with Gasteiger partial charge in [0.15, 0.2) is 0 Å². The van der Waals surface area contributed by atoms with Crippen LogP contribution in [0.5, 0.6) is 0 Å². The van der Waals surface area contributed by atoms with E-state index < -0.39 is 0 Å². The van der Waals surface area contributed by atoms with Crippen LogP contribution >= 0.6 is 11.8 Å². The molecule has 0 aromatic carbocycles. The van der Waals surface area contributed by atoms with E-state index in [9.17, 15) is 4.79 Å². The van der Waals surface area contributed by atoms with Gasteiger partial charge in [-0.15, -0.1) is 0 Å². The highest BCUT2D eigenvalue weighted by atomic mass is 32.2. The Hall–Kier alpha value is -0.0200. The highest BCUT2D eigenvalue weighted by molar-refractivity contribution is 7.99. The Morgan fingerprint density at radius 3 is 2.80 bits per heavy atom. The minimum Gasteiger partial charge on any atom is -0.298 e. The first-order valence-corrected chi connectivity index (χ1v) is 4.65. The fraction of sp³-hybridized carbons (Fsp3) is 0.857. The van der Waals surface area contributed by atoms with Gasteiger partial charge < -0.3 is 0 Å². The third-order valence-corrected chi connectivity index (χ3v) is 2.89. The van der Waals surface area contributed by atoms with Gasteiger partial charge in [-0.25, -0.2) is 0 Å². The maximum atomic E-state index is 11.0. The number of thioether (sulfide) groups is 1. The van der Waals surface area contributed by atoms with E-state index >= 15 is 0 Å². The predicted octanol–water partition coefficient (Wildman–Crippen LogP) is 0.623. The van der Waals surface area contributed by atoms with Gasteiger partial charge >= 0.3 is 0 Å². The molecule has 10 heavy (non-hydrogen) atoms. The number of rotatable bonds is 1. The summed E-state index contributed by atoms with van der Waals surface area (Å²) < 4.78 is 0. The van der Waals surface area contributed by atoms with Gasteiger partial charge in [0, 0.05) is 18.1 Å². The Morgan fingerprint density at radius 2 is 2.40 bits per heavy atom. The average Bonchev–Trinajstić information content (AvgIpc) is 1.88. The maximum absolute atomic E-state index is 11.0. The van der Waals surface area contributed by atoms with E-state index in [2.05, 4.69) is 4.90 Å². The minimum absolute atomic E-state index is 0.179. The molecule has 0 bridgehead atoms. The Labute approximate surface area is 66.0 Å². The van der Waals surface area contributed by atoms with E-state index in [4.69, 9.17) is 0 Å². The van der Waals surface area contributed by atoms with E-state index in [1.54, 1.807) is 6.92 Å². The van der Waals surface area contributed by atoms with Gasteiger partial charge in [0.05, 0.1) is 6.04 Å². The van der Waals surface area contributed by atoms with E-state index in [0.717, 1.165) is 12.3 Å². The summed E-state index contributed by atoms with van der Waals surface area (Å²) in [4.78, 5) is 13.1. The van der Waals surface area contributed by atoms with Crippen LogP contribution in [0.25, 0.3) is 0 Å². The lowest BCUT2D eigenvalue weighted by atomic mass is 10.2. The molecule has 1 saturated heterocycles. The third-order valence-electron chi connectivity index (χ3n) is 1.87. The molecule has 1 aliphatic rings. The second kappa shape index (κ2) is 3.39. The van der Waals surface area contributed by atoms with E-state index in [1.807, 2.05) is 18.8 Å². The molecule has 1 aliphatic heterocycles. The molecular weight excluding hydrogens is 146 g/mol. The summed E-state index contributed by atoms with van der Waals surface area (Å²) in [6.45, 7) is 2.72. The van der Waals surface area contributed by atoms with Crippen LogP contribution in [0, 0.1) is 0 Å². The molecule has 0 aromatic rings. The SMILES string of the molecule is CC(=O)C1CSCCN1C. The van der Waals surface area contributed by atoms with Crippen LogP contribution < -0.4 is 0 Å². The minimum atomic E-state index is 0.179. The van der Waals surface area contributed by atoms with E-state index in [-0.39, 0.29) is 6.04 Å². The molecule has 58 valence electrons. The highest BCUT2D eigenvalue weighted by Crippen LogP contribution is 2.14. The Bertz CT molecular complexity index is 138. The number of hydrogen-bond donors (Lipinski definition) is 0. The average molecular weight is 159 g/mol.